The van der Waals surface area contributed by atoms with Gasteiger partial charge >= 0.3 is 5.97 Å². The first-order valence-electron chi connectivity index (χ1n) is 14.1. The van der Waals surface area contributed by atoms with Gasteiger partial charge in [-0.05, 0) is 68.8 Å². The van der Waals surface area contributed by atoms with E-state index in [0.29, 0.717) is 30.8 Å². The molecule has 238 valence electrons. The molecule has 45 heavy (non-hydrogen) atoms. The van der Waals surface area contributed by atoms with Crippen molar-refractivity contribution in [2.75, 3.05) is 25.0 Å². The predicted molar refractivity (Wildman–Crippen MR) is 170 cm³/mol. The lowest BCUT2D eigenvalue weighted by Crippen LogP contribution is -2.67. The summed E-state index contributed by atoms with van der Waals surface area (Å²) in [5.41, 5.74) is -0.561. The van der Waals surface area contributed by atoms with Gasteiger partial charge in [0.1, 0.15) is 11.6 Å². The summed E-state index contributed by atoms with van der Waals surface area (Å²) in [6.45, 7) is 3.06. The van der Waals surface area contributed by atoms with Crippen molar-refractivity contribution in [3.05, 3.63) is 87.1 Å². The molecular weight excluding hydrogens is 665 g/mol. The third-order valence-corrected chi connectivity index (χ3v) is 11.1. The third-order valence-electron chi connectivity index (χ3n) is 8.28. The number of carbonyl (C=O) groups is 3. The first-order chi connectivity index (χ1) is 21.3. The number of anilines is 1. The fraction of sp³-hybridized carbons (Fsp3) is 0.333. The number of carboxylic acids is 1. The van der Waals surface area contributed by atoms with Crippen molar-refractivity contribution in [3.63, 3.8) is 0 Å². The molecule has 2 saturated heterocycles. The number of sulfonamides is 1. The molecule has 3 atom stereocenters. The minimum atomic E-state index is -4.16. The normalized spacial score (nSPS) is 21.1. The molecule has 2 amide bonds. The summed E-state index contributed by atoms with van der Waals surface area (Å²) in [5.74, 6) is -2.53. The van der Waals surface area contributed by atoms with Gasteiger partial charge in [0.25, 0.3) is 5.91 Å². The van der Waals surface area contributed by atoms with Crippen LogP contribution in [0.1, 0.15) is 35.7 Å². The first-order valence-corrected chi connectivity index (χ1v) is 16.6. The molecule has 1 aromatic heterocycles. The van der Waals surface area contributed by atoms with Crippen LogP contribution in [0.25, 0.3) is 0 Å². The Balaban J connectivity index is 1.35. The van der Waals surface area contributed by atoms with Crippen LogP contribution < -0.4 is 10.6 Å². The highest BCUT2D eigenvalue weighted by Crippen LogP contribution is 2.40. The molecule has 0 spiro atoms. The number of aliphatic carboxylic acids is 1. The van der Waals surface area contributed by atoms with Crippen molar-refractivity contribution >= 4 is 68.3 Å². The molecule has 0 saturated carbocycles. The molecule has 3 unspecified atom stereocenters. The average molecular weight is 695 g/mol. The van der Waals surface area contributed by atoms with Gasteiger partial charge in [0.2, 0.25) is 15.9 Å². The number of nitrogens with one attached hydrogen (secondary N) is 2. The standard InChI is InChI=1S/C30H30Cl3N5O6S/c1-30(25(37-11-3-12-37)10-13-38(30)45(43,44)21-5-2-4-19(31)15-21)29(42)36-24(28(40)41)14-18-6-8-20(9-7-18)35-27(39)26-22(32)16-34-17-23(26)33/h2,4-9,15-17,24-25H,3,10-14H2,1H3,(H,35,39)(H,36,42)(H,40,41). The number of hydrogen-bond donors (Lipinski definition) is 3. The van der Waals surface area contributed by atoms with E-state index < -0.39 is 45.4 Å². The number of aromatic nitrogens is 1. The van der Waals surface area contributed by atoms with E-state index in [1.54, 1.807) is 37.3 Å². The number of pyridine rings is 1. The second-order valence-corrected chi connectivity index (χ2v) is 14.2. The Bertz CT molecular complexity index is 1720. The Morgan fingerprint density at radius 2 is 1.71 bits per heavy atom. The maximum Gasteiger partial charge on any atom is 0.326 e. The molecule has 15 heteroatoms. The largest absolute Gasteiger partial charge is 0.480 e. The molecule has 0 bridgehead atoms. The highest BCUT2D eigenvalue weighted by atomic mass is 35.5. The van der Waals surface area contributed by atoms with Crippen LogP contribution in [0.5, 0.6) is 0 Å². The van der Waals surface area contributed by atoms with Crippen molar-refractivity contribution in [2.24, 2.45) is 0 Å². The SMILES string of the molecule is CC1(C(=O)NC(Cc2ccc(NC(=O)c3c(Cl)cncc3Cl)cc2)C(=O)O)C(N2CCC2)CCN1S(=O)(=O)c1cccc(Cl)c1. The van der Waals surface area contributed by atoms with E-state index in [4.69, 9.17) is 34.8 Å². The average Bonchev–Trinajstić information content (AvgIpc) is 3.30. The van der Waals surface area contributed by atoms with E-state index >= 15 is 0 Å². The van der Waals surface area contributed by atoms with E-state index in [0.717, 1.165) is 6.42 Å². The number of carbonyl (C=O) groups excluding carboxylic acids is 2. The van der Waals surface area contributed by atoms with Crippen LogP contribution in [0.2, 0.25) is 15.1 Å². The van der Waals surface area contributed by atoms with Crippen molar-refractivity contribution in [1.29, 1.82) is 0 Å². The van der Waals surface area contributed by atoms with Crippen molar-refractivity contribution in [2.45, 2.75) is 48.7 Å². The van der Waals surface area contributed by atoms with Crippen LogP contribution in [-0.4, -0.2) is 82.8 Å². The summed E-state index contributed by atoms with van der Waals surface area (Å²) in [5, 5.41) is 15.8. The molecule has 5 rings (SSSR count). The minimum Gasteiger partial charge on any atom is -0.480 e. The van der Waals surface area contributed by atoms with Gasteiger partial charge in [-0.1, -0.05) is 53.0 Å². The lowest BCUT2D eigenvalue weighted by Gasteiger charge is -2.45. The highest BCUT2D eigenvalue weighted by molar-refractivity contribution is 7.89. The van der Waals surface area contributed by atoms with E-state index in [2.05, 4.69) is 20.5 Å². The van der Waals surface area contributed by atoms with Gasteiger partial charge in [0.05, 0.1) is 20.5 Å². The monoisotopic (exact) mass is 693 g/mol. The Morgan fingerprint density at radius 1 is 1.04 bits per heavy atom. The maximum atomic E-state index is 14.0. The van der Waals surface area contributed by atoms with E-state index in [1.165, 1.54) is 34.9 Å². The summed E-state index contributed by atoms with van der Waals surface area (Å²) in [6.07, 6.45) is 3.84. The Kier molecular flexibility index (Phi) is 9.73. The van der Waals surface area contributed by atoms with Gasteiger partial charge < -0.3 is 15.7 Å². The molecule has 2 aliphatic rings. The fourth-order valence-corrected chi connectivity index (χ4v) is 8.41. The zero-order chi connectivity index (χ0) is 32.5. The molecule has 3 heterocycles. The summed E-state index contributed by atoms with van der Waals surface area (Å²) in [4.78, 5) is 44.9. The summed E-state index contributed by atoms with van der Waals surface area (Å²) >= 11 is 18.2. The number of nitrogens with zero attached hydrogens (tertiary/aromatic N) is 3. The van der Waals surface area contributed by atoms with Crippen molar-refractivity contribution < 1.29 is 27.9 Å². The van der Waals surface area contributed by atoms with Gasteiger partial charge in [-0.15, -0.1) is 0 Å². The molecule has 0 radical (unpaired) electrons. The molecule has 2 aromatic carbocycles. The molecule has 2 fully saturated rings. The van der Waals surface area contributed by atoms with Crippen LogP contribution in [0, 0.1) is 0 Å². The topological polar surface area (TPSA) is 149 Å². The number of halogens is 3. The summed E-state index contributed by atoms with van der Waals surface area (Å²) < 4.78 is 28.8. The van der Waals surface area contributed by atoms with Crippen molar-refractivity contribution in [3.8, 4) is 0 Å². The van der Waals surface area contributed by atoms with Gasteiger partial charge in [0.15, 0.2) is 0 Å². The lowest BCUT2D eigenvalue weighted by molar-refractivity contribution is -0.144. The second kappa shape index (κ2) is 13.2. The van der Waals surface area contributed by atoms with Crippen LogP contribution in [0.15, 0.2) is 65.8 Å². The fourth-order valence-electron chi connectivity index (χ4n) is 5.78. The quantitative estimate of drug-likeness (QED) is 0.284. The molecule has 0 aliphatic carbocycles. The molecule has 3 N–H and O–H groups in total. The number of benzene rings is 2. The van der Waals surface area contributed by atoms with Gasteiger partial charge in [-0.25, -0.2) is 13.2 Å². The molecule has 3 aromatic rings. The van der Waals surface area contributed by atoms with Crippen molar-refractivity contribution in [1.82, 2.24) is 19.5 Å². The first kappa shape index (κ1) is 33.1. The smallest absolute Gasteiger partial charge is 0.326 e. The predicted octanol–water partition coefficient (Wildman–Crippen LogP) is 4.33. The zero-order valence-electron chi connectivity index (χ0n) is 24.0. The number of carboxylic acid groups (broad SMARTS) is 1. The van der Waals surface area contributed by atoms with E-state index in [-0.39, 0.29) is 38.5 Å². The maximum absolute atomic E-state index is 14.0. The number of rotatable bonds is 10. The molecule has 2 aliphatic heterocycles. The Morgan fingerprint density at radius 3 is 2.29 bits per heavy atom. The van der Waals surface area contributed by atoms with Crippen LogP contribution in [-0.2, 0) is 26.0 Å². The second-order valence-electron chi connectivity index (χ2n) is 11.1. The summed E-state index contributed by atoms with van der Waals surface area (Å²) in [7, 11) is -4.16. The van der Waals surface area contributed by atoms with Crippen LogP contribution in [0.4, 0.5) is 5.69 Å². The number of hydrogen-bond acceptors (Lipinski definition) is 7. The Labute approximate surface area is 275 Å². The lowest BCUT2D eigenvalue weighted by atomic mass is 9.89. The van der Waals surface area contributed by atoms with Crippen LogP contribution >= 0.6 is 34.8 Å². The zero-order valence-corrected chi connectivity index (χ0v) is 27.1. The molecule has 11 nitrogen and oxygen atoms in total. The molecular formula is C30H30Cl3N5O6S. The van der Waals surface area contributed by atoms with E-state index in [9.17, 15) is 27.9 Å². The Hall–Kier alpha value is -3.26. The summed E-state index contributed by atoms with van der Waals surface area (Å²) in [6, 6.07) is 10.4. The number of amides is 2. The van der Waals surface area contributed by atoms with E-state index in [1.807, 2.05) is 0 Å². The van der Waals surface area contributed by atoms with Gasteiger partial charge in [0, 0.05) is 42.1 Å². The minimum absolute atomic E-state index is 0.0475. The highest BCUT2D eigenvalue weighted by Gasteiger charge is 2.58. The van der Waals surface area contributed by atoms with Crippen LogP contribution in [0.3, 0.4) is 0 Å². The third kappa shape index (κ3) is 6.67. The van der Waals surface area contributed by atoms with Gasteiger partial charge in [-0.3, -0.25) is 19.5 Å². The van der Waals surface area contributed by atoms with Gasteiger partial charge in [-0.2, -0.15) is 4.31 Å². The number of likely N-dealkylation sites (tertiary alicyclic amines) is 1.